The van der Waals surface area contributed by atoms with Gasteiger partial charge in [-0.25, -0.2) is 4.68 Å². The molecule has 1 atom stereocenters. The number of anilines is 1. The Hall–Kier alpha value is -2.12. The van der Waals surface area contributed by atoms with Crippen LogP contribution in [0.15, 0.2) is 0 Å². The fourth-order valence-corrected chi connectivity index (χ4v) is 2.89. The van der Waals surface area contributed by atoms with Crippen molar-refractivity contribution < 1.29 is 14.8 Å². The van der Waals surface area contributed by atoms with Gasteiger partial charge in [-0.15, -0.1) is 0 Å². The predicted molar refractivity (Wildman–Crippen MR) is 76.5 cm³/mol. The van der Waals surface area contributed by atoms with Crippen molar-refractivity contribution in [1.29, 1.82) is 0 Å². The van der Waals surface area contributed by atoms with Crippen molar-refractivity contribution in [2.24, 2.45) is 5.92 Å². The van der Waals surface area contributed by atoms with E-state index in [2.05, 4.69) is 5.10 Å². The molecule has 8 heteroatoms. The smallest absolute Gasteiger partial charge is 0.333 e. The Balaban J connectivity index is 2.30. The third-order valence-electron chi connectivity index (χ3n) is 3.74. The monoisotopic (exact) mass is 296 g/mol. The highest BCUT2D eigenvalue weighted by atomic mass is 16.6. The van der Waals surface area contributed by atoms with Crippen molar-refractivity contribution in [3.63, 3.8) is 0 Å². The summed E-state index contributed by atoms with van der Waals surface area (Å²) in [6.07, 6.45) is 1.67. The highest BCUT2D eigenvalue weighted by Crippen LogP contribution is 2.35. The average molecular weight is 296 g/mol. The largest absolute Gasteiger partial charge is 0.481 e. The minimum Gasteiger partial charge on any atom is -0.481 e. The number of hydrogen-bond donors (Lipinski definition) is 1. The molecule has 8 nitrogen and oxygen atoms in total. The van der Waals surface area contributed by atoms with Gasteiger partial charge in [0.2, 0.25) is 5.82 Å². The van der Waals surface area contributed by atoms with E-state index in [4.69, 9.17) is 5.11 Å². The molecule has 1 unspecified atom stereocenters. The highest BCUT2D eigenvalue weighted by molar-refractivity contribution is 5.68. The molecule has 21 heavy (non-hydrogen) atoms. The lowest BCUT2D eigenvalue weighted by Crippen LogP contribution is -2.24. The summed E-state index contributed by atoms with van der Waals surface area (Å²) in [6, 6.07) is 0. The van der Waals surface area contributed by atoms with Crippen molar-refractivity contribution in [3.05, 3.63) is 15.8 Å². The second kappa shape index (κ2) is 6.11. The lowest BCUT2D eigenvalue weighted by atomic mass is 10.1. The summed E-state index contributed by atoms with van der Waals surface area (Å²) in [5, 5.41) is 24.4. The van der Waals surface area contributed by atoms with Crippen LogP contribution in [0.5, 0.6) is 0 Å². The number of hydrogen-bond acceptors (Lipinski definition) is 5. The summed E-state index contributed by atoms with van der Waals surface area (Å²) in [4.78, 5) is 23.6. The zero-order valence-electron chi connectivity index (χ0n) is 12.3. The number of nitrogens with zero attached hydrogens (tertiary/aromatic N) is 4. The van der Waals surface area contributed by atoms with Crippen LogP contribution in [-0.4, -0.2) is 38.9 Å². The van der Waals surface area contributed by atoms with Gasteiger partial charge >= 0.3 is 11.7 Å². The van der Waals surface area contributed by atoms with Crippen LogP contribution in [0, 0.1) is 23.0 Å². The average Bonchev–Trinajstić information content (AvgIpc) is 2.93. The Kier molecular flexibility index (Phi) is 4.44. The molecule has 2 heterocycles. The number of aryl methyl sites for hydroxylation is 2. The molecule has 1 saturated heterocycles. The minimum atomic E-state index is -0.824. The molecule has 0 aromatic carbocycles. The maximum atomic E-state index is 11.3. The van der Waals surface area contributed by atoms with Crippen LogP contribution in [0.3, 0.4) is 0 Å². The Morgan fingerprint density at radius 1 is 1.57 bits per heavy atom. The Morgan fingerprint density at radius 2 is 2.29 bits per heavy atom. The van der Waals surface area contributed by atoms with Gasteiger partial charge in [0, 0.05) is 26.1 Å². The quantitative estimate of drug-likeness (QED) is 0.634. The van der Waals surface area contributed by atoms with E-state index < -0.39 is 10.9 Å². The Morgan fingerprint density at radius 3 is 2.86 bits per heavy atom. The SMILES string of the molecule is CCCn1nc(C)c([N+](=O)[O-])c1N1CCC(CC(=O)O)C1. The van der Waals surface area contributed by atoms with Crippen molar-refractivity contribution in [1.82, 2.24) is 9.78 Å². The minimum absolute atomic E-state index is 0.0346. The first-order chi connectivity index (χ1) is 9.93. The zero-order valence-corrected chi connectivity index (χ0v) is 12.3. The van der Waals surface area contributed by atoms with Crippen LogP contribution in [0.25, 0.3) is 0 Å². The number of carbonyl (C=O) groups is 1. The van der Waals surface area contributed by atoms with E-state index in [0.29, 0.717) is 31.1 Å². The van der Waals surface area contributed by atoms with Gasteiger partial charge < -0.3 is 10.0 Å². The lowest BCUT2D eigenvalue weighted by molar-refractivity contribution is -0.384. The van der Waals surface area contributed by atoms with Gasteiger partial charge in [-0.2, -0.15) is 5.10 Å². The second-order valence-electron chi connectivity index (χ2n) is 5.44. The van der Waals surface area contributed by atoms with Crippen molar-refractivity contribution in [2.75, 3.05) is 18.0 Å². The molecule has 1 aliphatic heterocycles. The maximum absolute atomic E-state index is 11.3. The van der Waals surface area contributed by atoms with Crippen LogP contribution in [0.1, 0.15) is 31.9 Å². The third kappa shape index (κ3) is 3.14. The number of aromatic nitrogens is 2. The summed E-state index contributed by atoms with van der Waals surface area (Å²) in [5.74, 6) is -0.269. The summed E-state index contributed by atoms with van der Waals surface area (Å²) in [7, 11) is 0. The molecule has 0 bridgehead atoms. The molecule has 1 aromatic heterocycles. The molecule has 116 valence electrons. The fraction of sp³-hybridized carbons (Fsp3) is 0.692. The van der Waals surface area contributed by atoms with Gasteiger partial charge in [-0.3, -0.25) is 14.9 Å². The van der Waals surface area contributed by atoms with Crippen LogP contribution >= 0.6 is 0 Å². The van der Waals surface area contributed by atoms with Crippen molar-refractivity contribution >= 4 is 17.5 Å². The predicted octanol–water partition coefficient (Wildman–Crippen LogP) is 1.81. The van der Waals surface area contributed by atoms with Gasteiger partial charge in [0.05, 0.1) is 4.92 Å². The summed E-state index contributed by atoms with van der Waals surface area (Å²) in [6.45, 7) is 5.40. The highest BCUT2D eigenvalue weighted by Gasteiger charge is 2.34. The van der Waals surface area contributed by atoms with Crippen LogP contribution in [0.2, 0.25) is 0 Å². The van der Waals surface area contributed by atoms with E-state index in [0.717, 1.165) is 12.8 Å². The molecule has 0 spiro atoms. The van der Waals surface area contributed by atoms with Crippen LogP contribution in [0.4, 0.5) is 11.5 Å². The molecule has 0 amide bonds. The molecule has 1 aromatic rings. The number of rotatable bonds is 6. The van der Waals surface area contributed by atoms with E-state index in [1.54, 1.807) is 11.6 Å². The summed E-state index contributed by atoms with van der Waals surface area (Å²) < 4.78 is 1.68. The normalized spacial score (nSPS) is 18.2. The first-order valence-electron chi connectivity index (χ1n) is 7.12. The van der Waals surface area contributed by atoms with E-state index in [1.165, 1.54) is 0 Å². The zero-order chi connectivity index (χ0) is 15.6. The molecule has 1 fully saturated rings. The Labute approximate surface area is 122 Å². The maximum Gasteiger partial charge on any atom is 0.333 e. The van der Waals surface area contributed by atoms with Gasteiger partial charge in [-0.05, 0) is 25.7 Å². The lowest BCUT2D eigenvalue weighted by Gasteiger charge is -2.18. The van der Waals surface area contributed by atoms with Crippen LogP contribution in [-0.2, 0) is 11.3 Å². The van der Waals surface area contributed by atoms with Crippen LogP contribution < -0.4 is 4.90 Å². The molecule has 0 saturated carbocycles. The van der Waals surface area contributed by atoms with Gasteiger partial charge in [0.15, 0.2) is 0 Å². The van der Waals surface area contributed by atoms with E-state index in [-0.39, 0.29) is 18.0 Å². The van der Waals surface area contributed by atoms with E-state index in [1.807, 2.05) is 11.8 Å². The summed E-state index contributed by atoms with van der Waals surface area (Å²) >= 11 is 0. The number of nitro groups is 1. The molecule has 2 rings (SSSR count). The molecule has 1 aliphatic rings. The molecular formula is C13H20N4O4. The number of aliphatic carboxylic acids is 1. The molecule has 1 N–H and O–H groups in total. The van der Waals surface area contributed by atoms with Gasteiger partial charge in [0.25, 0.3) is 0 Å². The van der Waals surface area contributed by atoms with E-state index >= 15 is 0 Å². The standard InChI is InChI=1S/C13H20N4O4/c1-3-5-16-13(12(17(20)21)9(2)14-16)15-6-4-10(8-15)7-11(18)19/h10H,3-8H2,1-2H3,(H,18,19). The van der Waals surface area contributed by atoms with Crippen molar-refractivity contribution in [2.45, 2.75) is 39.7 Å². The number of carboxylic acids is 1. The van der Waals surface area contributed by atoms with Gasteiger partial charge in [-0.1, -0.05) is 6.92 Å². The first kappa shape index (κ1) is 15.3. The van der Waals surface area contributed by atoms with E-state index in [9.17, 15) is 14.9 Å². The summed E-state index contributed by atoms with van der Waals surface area (Å²) in [5.41, 5.74) is 0.449. The van der Waals surface area contributed by atoms with Gasteiger partial charge in [0.1, 0.15) is 5.69 Å². The molecule has 0 aliphatic carbocycles. The van der Waals surface area contributed by atoms with Crippen molar-refractivity contribution in [3.8, 4) is 0 Å². The molecule has 0 radical (unpaired) electrons. The third-order valence-corrected chi connectivity index (χ3v) is 3.74. The second-order valence-corrected chi connectivity index (χ2v) is 5.44. The topological polar surface area (TPSA) is 101 Å². The fourth-order valence-electron chi connectivity index (χ4n) is 2.89. The Bertz CT molecular complexity index is 555. The first-order valence-corrected chi connectivity index (χ1v) is 7.12. The number of carboxylic acid groups (broad SMARTS) is 1. The molecular weight excluding hydrogens is 276 g/mol.